The number of methoxy groups -OCH3 is 1. The Balaban J connectivity index is 2.31. The molecule has 3 nitrogen and oxygen atoms in total. The zero-order valence-corrected chi connectivity index (χ0v) is 10.6. The molecule has 0 radical (unpaired) electrons. The van der Waals surface area contributed by atoms with Crippen LogP contribution in [0.15, 0.2) is 18.2 Å². The van der Waals surface area contributed by atoms with Gasteiger partial charge in [0.25, 0.3) is 0 Å². The molecular formula is C14H19NO2. The third-order valence-electron chi connectivity index (χ3n) is 3.74. The van der Waals surface area contributed by atoms with E-state index in [1.54, 1.807) is 0 Å². The lowest BCUT2D eigenvalue weighted by Crippen LogP contribution is -2.31. The number of ether oxygens (including phenoxy) is 1. The Labute approximate surface area is 102 Å². The summed E-state index contributed by atoms with van der Waals surface area (Å²) in [6, 6.07) is 5.91. The predicted octanol–water partition coefficient (Wildman–Crippen LogP) is 2.26. The highest BCUT2D eigenvalue weighted by molar-refractivity contribution is 5.81. The van der Waals surface area contributed by atoms with Gasteiger partial charge in [-0.25, -0.2) is 0 Å². The molecule has 0 aromatic heterocycles. The van der Waals surface area contributed by atoms with Gasteiger partial charge in [0, 0.05) is 6.04 Å². The van der Waals surface area contributed by atoms with Crippen molar-refractivity contribution in [2.75, 3.05) is 7.11 Å². The smallest absolute Gasteiger partial charge is 0.313 e. The van der Waals surface area contributed by atoms with Gasteiger partial charge in [-0.2, -0.15) is 0 Å². The van der Waals surface area contributed by atoms with Crippen molar-refractivity contribution >= 4 is 5.97 Å². The maximum absolute atomic E-state index is 11.8. The fourth-order valence-electron chi connectivity index (χ4n) is 2.45. The second kappa shape index (κ2) is 4.15. The normalized spacial score (nSPS) is 18.6. The van der Waals surface area contributed by atoms with Crippen LogP contribution < -0.4 is 5.73 Å². The molecule has 0 amide bonds. The highest BCUT2D eigenvalue weighted by Crippen LogP contribution is 2.55. The van der Waals surface area contributed by atoms with Gasteiger partial charge in [0.2, 0.25) is 0 Å². The molecule has 92 valence electrons. The first-order chi connectivity index (χ1) is 8.01. The van der Waals surface area contributed by atoms with Crippen LogP contribution in [0.1, 0.15) is 35.6 Å². The number of nitrogens with two attached hydrogens (primary N) is 1. The van der Waals surface area contributed by atoms with Crippen molar-refractivity contribution in [1.29, 1.82) is 0 Å². The Bertz CT molecular complexity index is 450. The Kier molecular flexibility index (Phi) is 2.96. The van der Waals surface area contributed by atoms with Crippen molar-refractivity contribution in [2.24, 2.45) is 11.1 Å². The molecule has 1 aromatic rings. The number of hydrogen-bond donors (Lipinski definition) is 1. The average Bonchev–Trinajstić information content (AvgIpc) is 3.08. The van der Waals surface area contributed by atoms with Gasteiger partial charge in [0.05, 0.1) is 12.5 Å². The maximum atomic E-state index is 11.8. The van der Waals surface area contributed by atoms with E-state index in [4.69, 9.17) is 10.5 Å². The number of rotatable bonds is 3. The second-order valence-electron chi connectivity index (χ2n) is 4.99. The minimum absolute atomic E-state index is 0.176. The summed E-state index contributed by atoms with van der Waals surface area (Å²) < 4.78 is 4.86. The van der Waals surface area contributed by atoms with Crippen LogP contribution in [-0.4, -0.2) is 13.1 Å². The zero-order chi connectivity index (χ0) is 12.6. The average molecular weight is 233 g/mol. The molecule has 0 saturated heterocycles. The number of carbonyl (C=O) groups excluding carboxylic acids is 1. The first-order valence-corrected chi connectivity index (χ1v) is 5.92. The Morgan fingerprint density at radius 1 is 1.41 bits per heavy atom. The first kappa shape index (κ1) is 12.1. The highest BCUT2D eigenvalue weighted by Gasteiger charge is 2.56. The van der Waals surface area contributed by atoms with E-state index in [0.717, 1.165) is 24.0 Å². The van der Waals surface area contributed by atoms with Crippen molar-refractivity contribution in [2.45, 2.75) is 32.7 Å². The van der Waals surface area contributed by atoms with Gasteiger partial charge in [0.15, 0.2) is 0 Å². The Morgan fingerprint density at radius 3 is 2.53 bits per heavy atom. The molecule has 1 atom stereocenters. The van der Waals surface area contributed by atoms with Crippen LogP contribution in [0.25, 0.3) is 0 Å². The van der Waals surface area contributed by atoms with Gasteiger partial charge in [-0.3, -0.25) is 4.79 Å². The van der Waals surface area contributed by atoms with Gasteiger partial charge < -0.3 is 10.5 Å². The summed E-state index contributed by atoms with van der Waals surface area (Å²) in [5.41, 5.74) is 9.19. The van der Waals surface area contributed by atoms with Crippen LogP contribution >= 0.6 is 0 Å². The summed E-state index contributed by atoms with van der Waals surface area (Å²) in [6.45, 7) is 4.09. The molecule has 0 heterocycles. The molecule has 0 aliphatic heterocycles. The Hall–Kier alpha value is -1.35. The van der Waals surface area contributed by atoms with Crippen LogP contribution in [0.4, 0.5) is 0 Å². The molecule has 0 spiro atoms. The molecule has 3 heteroatoms. The number of esters is 1. The molecular weight excluding hydrogens is 214 g/mol. The predicted molar refractivity (Wildman–Crippen MR) is 66.5 cm³/mol. The van der Waals surface area contributed by atoms with Crippen molar-refractivity contribution in [3.8, 4) is 0 Å². The second-order valence-corrected chi connectivity index (χ2v) is 4.99. The minimum atomic E-state index is -0.477. The quantitative estimate of drug-likeness (QED) is 0.815. The SMILES string of the molecule is COC(=O)C1(C(N)c2ccc(C)cc2C)CC1. The van der Waals surface area contributed by atoms with Gasteiger partial charge in [-0.1, -0.05) is 23.8 Å². The van der Waals surface area contributed by atoms with E-state index < -0.39 is 5.41 Å². The summed E-state index contributed by atoms with van der Waals surface area (Å²) in [6.07, 6.45) is 1.66. The van der Waals surface area contributed by atoms with Gasteiger partial charge in [-0.05, 0) is 37.8 Å². The largest absolute Gasteiger partial charge is 0.469 e. The molecule has 17 heavy (non-hydrogen) atoms. The van der Waals surface area contributed by atoms with E-state index in [2.05, 4.69) is 13.0 Å². The zero-order valence-electron chi connectivity index (χ0n) is 10.6. The number of aryl methyl sites for hydroxylation is 2. The van der Waals surface area contributed by atoms with E-state index in [1.165, 1.54) is 12.7 Å². The van der Waals surface area contributed by atoms with E-state index in [9.17, 15) is 4.79 Å². The minimum Gasteiger partial charge on any atom is -0.469 e. The van der Waals surface area contributed by atoms with Crippen molar-refractivity contribution < 1.29 is 9.53 Å². The maximum Gasteiger partial charge on any atom is 0.313 e. The van der Waals surface area contributed by atoms with Gasteiger partial charge in [-0.15, -0.1) is 0 Å². The third kappa shape index (κ3) is 1.95. The van der Waals surface area contributed by atoms with Crippen LogP contribution in [-0.2, 0) is 9.53 Å². The Morgan fingerprint density at radius 2 is 2.06 bits per heavy atom. The van der Waals surface area contributed by atoms with E-state index >= 15 is 0 Å². The molecule has 1 unspecified atom stereocenters. The summed E-state index contributed by atoms with van der Waals surface area (Å²) >= 11 is 0. The molecule has 1 saturated carbocycles. The van der Waals surface area contributed by atoms with Crippen LogP contribution in [0.3, 0.4) is 0 Å². The molecule has 1 aliphatic rings. The van der Waals surface area contributed by atoms with E-state index in [-0.39, 0.29) is 12.0 Å². The lowest BCUT2D eigenvalue weighted by Gasteiger charge is -2.23. The molecule has 1 fully saturated rings. The van der Waals surface area contributed by atoms with Gasteiger partial charge in [0.1, 0.15) is 0 Å². The lowest BCUT2D eigenvalue weighted by molar-refractivity contribution is -0.148. The molecule has 2 rings (SSSR count). The third-order valence-corrected chi connectivity index (χ3v) is 3.74. The number of hydrogen-bond acceptors (Lipinski definition) is 3. The summed E-state index contributed by atoms with van der Waals surface area (Å²) in [7, 11) is 1.43. The van der Waals surface area contributed by atoms with Crippen LogP contribution in [0.5, 0.6) is 0 Å². The fraction of sp³-hybridized carbons (Fsp3) is 0.500. The van der Waals surface area contributed by atoms with Crippen LogP contribution in [0, 0.1) is 19.3 Å². The monoisotopic (exact) mass is 233 g/mol. The summed E-state index contributed by atoms with van der Waals surface area (Å²) in [4.78, 5) is 11.8. The fourth-order valence-corrected chi connectivity index (χ4v) is 2.45. The molecule has 2 N–H and O–H groups in total. The molecule has 0 bridgehead atoms. The van der Waals surface area contributed by atoms with E-state index in [0.29, 0.717) is 0 Å². The molecule has 1 aromatic carbocycles. The van der Waals surface area contributed by atoms with Crippen LogP contribution in [0.2, 0.25) is 0 Å². The molecule has 1 aliphatic carbocycles. The van der Waals surface area contributed by atoms with E-state index in [1.807, 2.05) is 19.1 Å². The summed E-state index contributed by atoms with van der Waals surface area (Å²) in [5, 5.41) is 0. The summed E-state index contributed by atoms with van der Waals surface area (Å²) in [5.74, 6) is -0.176. The first-order valence-electron chi connectivity index (χ1n) is 5.92. The van der Waals surface area contributed by atoms with Crippen molar-refractivity contribution in [1.82, 2.24) is 0 Å². The van der Waals surface area contributed by atoms with Crippen molar-refractivity contribution in [3.05, 3.63) is 34.9 Å². The lowest BCUT2D eigenvalue weighted by atomic mass is 9.88. The number of carbonyl (C=O) groups is 1. The topological polar surface area (TPSA) is 52.3 Å². The number of benzene rings is 1. The standard InChI is InChI=1S/C14H19NO2/c1-9-4-5-11(10(2)8-9)12(15)14(6-7-14)13(16)17-3/h4-5,8,12H,6-7,15H2,1-3H3. The van der Waals surface area contributed by atoms with Crippen molar-refractivity contribution in [3.63, 3.8) is 0 Å². The highest BCUT2D eigenvalue weighted by atomic mass is 16.5. The van der Waals surface area contributed by atoms with Gasteiger partial charge >= 0.3 is 5.97 Å².